The molecule has 3 saturated heterocycles. The number of nitrogens with zero attached hydrogens (tertiary/aromatic N) is 6. The number of fused-ring (bicyclic) bond motifs is 4. The quantitative estimate of drug-likeness (QED) is 0.587. The van der Waals surface area contributed by atoms with Crippen LogP contribution in [0.15, 0.2) is 48.9 Å². The second-order valence-electron chi connectivity index (χ2n) is 9.77. The van der Waals surface area contributed by atoms with Crippen molar-refractivity contribution in [2.45, 2.75) is 43.3 Å². The second kappa shape index (κ2) is 8.07. The lowest BCUT2D eigenvalue weighted by Crippen LogP contribution is -2.69. The topological polar surface area (TPSA) is 90.7 Å². The zero-order valence-corrected chi connectivity index (χ0v) is 18.9. The fourth-order valence-electron chi connectivity index (χ4n) is 5.85. The molecule has 3 aliphatic heterocycles. The minimum absolute atomic E-state index is 0.0165. The Balaban J connectivity index is 1.15. The molecule has 5 heterocycles. The van der Waals surface area contributed by atoms with Gasteiger partial charge in [-0.3, -0.25) is 14.6 Å². The van der Waals surface area contributed by atoms with E-state index in [0.717, 1.165) is 51.4 Å². The van der Waals surface area contributed by atoms with Gasteiger partial charge in [0.1, 0.15) is 18.2 Å². The van der Waals surface area contributed by atoms with Crippen LogP contribution in [0.25, 0.3) is 5.78 Å². The summed E-state index contributed by atoms with van der Waals surface area (Å²) in [4.78, 5) is 26.3. The number of anilines is 1. The summed E-state index contributed by atoms with van der Waals surface area (Å²) < 4.78 is 1.72. The van der Waals surface area contributed by atoms with E-state index in [1.807, 2.05) is 12.1 Å². The van der Waals surface area contributed by atoms with E-state index in [2.05, 4.69) is 66.7 Å². The molecule has 4 aliphatic rings. The van der Waals surface area contributed by atoms with Crippen molar-refractivity contribution in [1.82, 2.24) is 34.7 Å². The van der Waals surface area contributed by atoms with Crippen LogP contribution in [0.1, 0.15) is 25.3 Å². The summed E-state index contributed by atoms with van der Waals surface area (Å²) in [6, 6.07) is 13.3. The van der Waals surface area contributed by atoms with Crippen molar-refractivity contribution in [1.29, 1.82) is 0 Å². The lowest BCUT2D eigenvalue weighted by atomic mass is 9.61. The third-order valence-electron chi connectivity index (χ3n) is 7.74. The molecule has 1 aromatic carbocycles. The van der Waals surface area contributed by atoms with E-state index in [1.165, 1.54) is 11.9 Å². The Kier molecular flexibility index (Phi) is 5.03. The van der Waals surface area contributed by atoms with Gasteiger partial charge in [-0.05, 0) is 31.4 Å². The maximum Gasteiger partial charge on any atom is 0.254 e. The Morgan fingerprint density at radius 3 is 2.67 bits per heavy atom. The first-order valence-electron chi connectivity index (χ1n) is 11.8. The first-order valence-corrected chi connectivity index (χ1v) is 11.8. The highest BCUT2D eigenvalue weighted by Gasteiger charge is 2.47. The van der Waals surface area contributed by atoms with E-state index >= 15 is 0 Å². The van der Waals surface area contributed by atoms with Gasteiger partial charge in [-0.15, -0.1) is 0 Å². The molecule has 0 spiro atoms. The van der Waals surface area contributed by atoms with Crippen LogP contribution in [0.5, 0.6) is 0 Å². The van der Waals surface area contributed by atoms with Crippen molar-refractivity contribution in [2.24, 2.45) is 0 Å². The molecule has 7 rings (SSSR count). The molecule has 9 heteroatoms. The number of amides is 1. The first-order chi connectivity index (χ1) is 16.1. The smallest absolute Gasteiger partial charge is 0.254 e. The molecule has 2 N–H and O–H groups in total. The van der Waals surface area contributed by atoms with Crippen molar-refractivity contribution < 1.29 is 4.79 Å². The lowest BCUT2D eigenvalue weighted by Gasteiger charge is -2.52. The average Bonchev–Trinajstić information content (AvgIpc) is 3.31. The van der Waals surface area contributed by atoms with Crippen LogP contribution in [0.2, 0.25) is 0 Å². The SMILES string of the molecule is CC1CN2CCN1CC2C(=O)NC1CC(CNc2ccnc3ncnn23)(c2ccccc2)C1. The minimum atomic E-state index is -0.0424. The van der Waals surface area contributed by atoms with Crippen LogP contribution >= 0.6 is 0 Å². The van der Waals surface area contributed by atoms with Gasteiger partial charge >= 0.3 is 0 Å². The summed E-state index contributed by atoms with van der Waals surface area (Å²) in [5.74, 6) is 1.63. The van der Waals surface area contributed by atoms with Crippen LogP contribution < -0.4 is 10.6 Å². The number of rotatable bonds is 6. The van der Waals surface area contributed by atoms with Gasteiger partial charge in [0.25, 0.3) is 5.78 Å². The highest BCUT2D eigenvalue weighted by atomic mass is 16.2. The van der Waals surface area contributed by atoms with E-state index in [1.54, 1.807) is 10.7 Å². The zero-order chi connectivity index (χ0) is 22.4. The van der Waals surface area contributed by atoms with Crippen LogP contribution in [0.3, 0.4) is 0 Å². The first kappa shape index (κ1) is 20.6. The highest BCUT2D eigenvalue weighted by molar-refractivity contribution is 5.82. The van der Waals surface area contributed by atoms with Crippen LogP contribution in [0.4, 0.5) is 5.82 Å². The molecule has 172 valence electrons. The molecule has 1 saturated carbocycles. The molecule has 4 unspecified atom stereocenters. The maximum atomic E-state index is 13.1. The van der Waals surface area contributed by atoms with Gasteiger partial charge in [0.15, 0.2) is 0 Å². The molecular formula is C24H30N8O. The molecule has 3 aromatic rings. The number of piperazine rings is 3. The van der Waals surface area contributed by atoms with Gasteiger partial charge in [0, 0.05) is 56.4 Å². The monoisotopic (exact) mass is 446 g/mol. The summed E-state index contributed by atoms with van der Waals surface area (Å²) in [7, 11) is 0. The van der Waals surface area contributed by atoms with Gasteiger partial charge in [-0.2, -0.15) is 14.6 Å². The van der Waals surface area contributed by atoms with Crippen molar-refractivity contribution in [2.75, 3.05) is 38.0 Å². The Labute approximate surface area is 193 Å². The molecule has 2 aromatic heterocycles. The molecule has 4 atom stereocenters. The van der Waals surface area contributed by atoms with E-state index < -0.39 is 0 Å². The molecule has 33 heavy (non-hydrogen) atoms. The molecule has 9 nitrogen and oxygen atoms in total. The number of carbonyl (C=O) groups is 1. The number of aromatic nitrogens is 4. The number of carbonyl (C=O) groups excluding carboxylic acids is 1. The van der Waals surface area contributed by atoms with Gasteiger partial charge in [-0.25, -0.2) is 4.98 Å². The molecular weight excluding hydrogens is 416 g/mol. The van der Waals surface area contributed by atoms with Crippen LogP contribution in [-0.2, 0) is 10.2 Å². The molecule has 0 radical (unpaired) electrons. The Morgan fingerprint density at radius 2 is 1.91 bits per heavy atom. The van der Waals surface area contributed by atoms with E-state index in [-0.39, 0.29) is 23.4 Å². The molecule has 4 fully saturated rings. The van der Waals surface area contributed by atoms with Gasteiger partial charge in [0.2, 0.25) is 5.91 Å². The van der Waals surface area contributed by atoms with Crippen molar-refractivity contribution in [3.63, 3.8) is 0 Å². The van der Waals surface area contributed by atoms with E-state index in [0.29, 0.717) is 11.8 Å². The summed E-state index contributed by atoms with van der Waals surface area (Å²) in [6.07, 6.45) is 5.08. The molecule has 2 bridgehead atoms. The number of nitrogens with one attached hydrogen (secondary N) is 2. The van der Waals surface area contributed by atoms with E-state index in [9.17, 15) is 4.79 Å². The van der Waals surface area contributed by atoms with Crippen LogP contribution in [-0.4, -0.2) is 86.1 Å². The predicted molar refractivity (Wildman–Crippen MR) is 125 cm³/mol. The van der Waals surface area contributed by atoms with Gasteiger partial charge < -0.3 is 10.6 Å². The number of hydrogen-bond acceptors (Lipinski definition) is 7. The van der Waals surface area contributed by atoms with E-state index in [4.69, 9.17) is 0 Å². The fraction of sp³-hybridized carbons (Fsp3) is 0.500. The van der Waals surface area contributed by atoms with Gasteiger partial charge in [-0.1, -0.05) is 30.3 Å². The molecule has 1 aliphatic carbocycles. The molecule has 1 amide bonds. The predicted octanol–water partition coefficient (Wildman–Crippen LogP) is 1.14. The Morgan fingerprint density at radius 1 is 1.09 bits per heavy atom. The summed E-state index contributed by atoms with van der Waals surface area (Å²) >= 11 is 0. The van der Waals surface area contributed by atoms with Gasteiger partial charge in [0.05, 0.1) is 0 Å². The maximum absolute atomic E-state index is 13.1. The number of benzene rings is 1. The largest absolute Gasteiger partial charge is 0.369 e. The van der Waals surface area contributed by atoms with Crippen molar-refractivity contribution >= 4 is 17.5 Å². The highest BCUT2D eigenvalue weighted by Crippen LogP contribution is 2.44. The minimum Gasteiger partial charge on any atom is -0.369 e. The normalized spacial score (nSPS) is 32.9. The Bertz CT molecular complexity index is 1140. The lowest BCUT2D eigenvalue weighted by molar-refractivity contribution is -0.135. The summed E-state index contributed by atoms with van der Waals surface area (Å²) in [6.45, 7) is 6.91. The second-order valence-corrected chi connectivity index (χ2v) is 9.77. The van der Waals surface area contributed by atoms with Crippen LogP contribution in [0, 0.1) is 0 Å². The van der Waals surface area contributed by atoms with Crippen molar-refractivity contribution in [3.05, 3.63) is 54.5 Å². The average molecular weight is 447 g/mol. The standard InChI is InChI=1S/C24H30N8O/c1-17-13-31-10-9-30(17)14-20(31)22(33)29-19-11-24(12-19,18-5-3-2-4-6-18)15-26-21-7-8-25-23-27-16-28-32(21)23/h2-8,16-17,19-20,26H,9-15H2,1H3,(H,29,33). The Hall–Kier alpha value is -3.04. The van der Waals surface area contributed by atoms with Crippen molar-refractivity contribution in [3.8, 4) is 0 Å². The fourth-order valence-corrected chi connectivity index (χ4v) is 5.85. The third kappa shape index (κ3) is 3.65. The summed E-state index contributed by atoms with van der Waals surface area (Å²) in [5.41, 5.74) is 1.26. The third-order valence-corrected chi connectivity index (χ3v) is 7.74. The summed E-state index contributed by atoms with van der Waals surface area (Å²) in [5, 5.41) is 11.2. The zero-order valence-electron chi connectivity index (χ0n) is 18.9. The number of hydrogen-bond donors (Lipinski definition) is 2.